The third kappa shape index (κ3) is 7.35. The Labute approximate surface area is 376 Å². The second kappa shape index (κ2) is 17.5. The molecule has 17 nitrogen and oxygen atoms in total. The van der Waals surface area contributed by atoms with Crippen molar-refractivity contribution in [1.29, 1.82) is 0 Å². The molecule has 11 N–H and O–H groups in total. The number of ether oxygens (including phenoxy) is 6. The first kappa shape index (κ1) is 49.5. The smallest absolute Gasteiger partial charge is 0.187 e. The van der Waals surface area contributed by atoms with Crippen LogP contribution in [0.15, 0.2) is 11.6 Å². The summed E-state index contributed by atoms with van der Waals surface area (Å²) in [6.45, 7) is 16.1. The van der Waals surface area contributed by atoms with Gasteiger partial charge in [0.25, 0.3) is 0 Å². The molecule has 4 saturated carbocycles. The normalized spacial score (nSPS) is 57.4. The first-order valence-corrected chi connectivity index (χ1v) is 23.9. The standard InChI is InChI=1S/C47H78O17/c1-20-9-14-47(19-49)28(52)16-46(8)23(30(47)21(20)2)15-24(50)39-44(6)12-11-29(43(4,5)27(44)10-13-45(39,46)7)62-41-37(34(56)31(53)22(3)60-41)64-42-38(35(57)33(55)26(17-48)61-42)63-40-36(58)32(54)25(51)18-59-40/h15,20-22,24-42,48-58H,9-14,16-19H2,1-8H3/t20-,21+,22-,24-,25-,26-,27-,28-,29+,30-,31+,32+,33-,34+,35+,36-,37-,38-,39-,40+,41+,42+,44+,45-,46-,47+/m1/s1. The van der Waals surface area contributed by atoms with E-state index in [0.717, 1.165) is 25.7 Å². The van der Waals surface area contributed by atoms with Crippen LogP contribution in [0.3, 0.4) is 0 Å². The van der Waals surface area contributed by atoms with Crippen molar-refractivity contribution in [3.63, 3.8) is 0 Å². The Balaban J connectivity index is 1.06. The van der Waals surface area contributed by atoms with Gasteiger partial charge in [-0.25, -0.2) is 0 Å². The third-order valence-electron chi connectivity index (χ3n) is 19.4. The summed E-state index contributed by atoms with van der Waals surface area (Å²) >= 11 is 0. The molecular formula is C47H78O17. The number of aliphatic hydroxyl groups excluding tert-OH is 11. The number of rotatable bonds is 8. The molecule has 0 spiro atoms. The van der Waals surface area contributed by atoms with Gasteiger partial charge in [0.1, 0.15) is 61.0 Å². The zero-order valence-corrected chi connectivity index (χ0v) is 38.7. The molecule has 17 heteroatoms. The van der Waals surface area contributed by atoms with Crippen LogP contribution in [-0.2, 0) is 28.4 Å². The monoisotopic (exact) mass is 915 g/mol. The average molecular weight is 915 g/mol. The van der Waals surface area contributed by atoms with E-state index in [1.807, 2.05) is 0 Å². The molecular weight excluding hydrogens is 836 g/mol. The van der Waals surface area contributed by atoms with Gasteiger partial charge in [0.2, 0.25) is 0 Å². The Kier molecular flexibility index (Phi) is 13.5. The maximum atomic E-state index is 12.6. The van der Waals surface area contributed by atoms with Gasteiger partial charge in [-0.05, 0) is 97.2 Å². The van der Waals surface area contributed by atoms with Gasteiger partial charge >= 0.3 is 0 Å². The van der Waals surface area contributed by atoms with Gasteiger partial charge in [0.15, 0.2) is 18.9 Å². The van der Waals surface area contributed by atoms with Crippen molar-refractivity contribution in [3.05, 3.63) is 11.6 Å². The molecule has 0 unspecified atom stereocenters. The quantitative estimate of drug-likeness (QED) is 0.114. The van der Waals surface area contributed by atoms with Crippen LogP contribution in [0.4, 0.5) is 0 Å². The second-order valence-electron chi connectivity index (χ2n) is 22.7. The molecule has 7 fully saturated rings. The van der Waals surface area contributed by atoms with E-state index in [0.29, 0.717) is 25.2 Å². The van der Waals surface area contributed by atoms with Crippen molar-refractivity contribution >= 4 is 0 Å². The van der Waals surface area contributed by atoms with Crippen LogP contribution >= 0.6 is 0 Å². The fraction of sp³-hybridized carbons (Fsp3) is 0.957. The molecule has 0 amide bonds. The lowest BCUT2D eigenvalue weighted by Crippen LogP contribution is -2.70. The molecule has 3 heterocycles. The van der Waals surface area contributed by atoms with E-state index in [2.05, 4.69) is 54.5 Å². The highest BCUT2D eigenvalue weighted by Gasteiger charge is 2.72. The molecule has 368 valence electrons. The maximum Gasteiger partial charge on any atom is 0.187 e. The number of fused-ring (bicyclic) bond motifs is 7. The maximum absolute atomic E-state index is 12.6. The lowest BCUT2D eigenvalue weighted by molar-refractivity contribution is -0.393. The van der Waals surface area contributed by atoms with Crippen molar-refractivity contribution in [3.8, 4) is 0 Å². The first-order valence-electron chi connectivity index (χ1n) is 23.9. The Morgan fingerprint density at radius 1 is 0.688 bits per heavy atom. The Bertz CT molecular complexity index is 1700. The van der Waals surface area contributed by atoms with Crippen LogP contribution in [0.25, 0.3) is 0 Å². The van der Waals surface area contributed by atoms with Gasteiger partial charge in [-0.2, -0.15) is 0 Å². The number of hydrogen-bond donors (Lipinski definition) is 11. The summed E-state index contributed by atoms with van der Waals surface area (Å²) in [7, 11) is 0. The summed E-state index contributed by atoms with van der Waals surface area (Å²) in [5.74, 6) is 0.471. The predicted octanol–water partition coefficient (Wildman–Crippen LogP) is 0.0781. The highest BCUT2D eigenvalue weighted by molar-refractivity contribution is 5.37. The van der Waals surface area contributed by atoms with Gasteiger partial charge < -0.3 is 84.6 Å². The SMILES string of the molecule is C[C@H]1[C@H](C)CC[C@]2(CO)[C@H](O)C[C@]3(C)C(=C[C@@H](O)[C@@H]4[C@@]5(C)CC[C@H](O[C@@H]6O[C@H](C)[C@H](O)[C@H](O)[C@H]6O[C@@H]6O[C@H](CO)[C@@H](O)[C@H](O)[C@H]6O[C@@H]6OC[C@@H](O)[C@H](O)[C@H]6O)C(C)(C)[C@H]5CC[C@]43C)[C@@H]12. The minimum absolute atomic E-state index is 0.0387. The minimum Gasteiger partial charge on any atom is -0.396 e. The van der Waals surface area contributed by atoms with Gasteiger partial charge in [0, 0.05) is 11.3 Å². The molecule has 26 atom stereocenters. The summed E-state index contributed by atoms with van der Waals surface area (Å²) in [6.07, 6.45) is -16.3. The van der Waals surface area contributed by atoms with Crippen molar-refractivity contribution in [1.82, 2.24) is 0 Å². The first-order chi connectivity index (χ1) is 29.9. The predicted molar refractivity (Wildman–Crippen MR) is 225 cm³/mol. The van der Waals surface area contributed by atoms with E-state index in [-0.39, 0.29) is 41.1 Å². The highest BCUT2D eigenvalue weighted by atomic mass is 16.8. The van der Waals surface area contributed by atoms with E-state index in [1.165, 1.54) is 5.57 Å². The lowest BCUT2D eigenvalue weighted by atomic mass is 9.32. The molecule has 64 heavy (non-hydrogen) atoms. The van der Waals surface area contributed by atoms with Crippen LogP contribution < -0.4 is 0 Å². The van der Waals surface area contributed by atoms with Crippen LogP contribution in [0.5, 0.6) is 0 Å². The molecule has 3 saturated heterocycles. The Morgan fingerprint density at radius 2 is 1.33 bits per heavy atom. The van der Waals surface area contributed by atoms with Crippen molar-refractivity contribution in [2.24, 2.45) is 56.7 Å². The van der Waals surface area contributed by atoms with Gasteiger partial charge in [-0.15, -0.1) is 0 Å². The number of aliphatic hydroxyl groups is 11. The summed E-state index contributed by atoms with van der Waals surface area (Å²) in [6, 6.07) is 0. The van der Waals surface area contributed by atoms with Crippen molar-refractivity contribution in [2.75, 3.05) is 19.8 Å². The molecule has 0 bridgehead atoms. The highest BCUT2D eigenvalue weighted by Crippen LogP contribution is 2.76. The van der Waals surface area contributed by atoms with Crippen LogP contribution in [0.2, 0.25) is 0 Å². The van der Waals surface area contributed by atoms with Gasteiger partial charge in [-0.3, -0.25) is 0 Å². The molecule has 5 aliphatic carbocycles. The van der Waals surface area contributed by atoms with Gasteiger partial charge in [-0.1, -0.05) is 60.1 Å². The molecule has 0 aromatic heterocycles. The van der Waals surface area contributed by atoms with E-state index >= 15 is 0 Å². The fourth-order valence-electron chi connectivity index (χ4n) is 15.2. The molecule has 0 aromatic carbocycles. The molecule has 0 radical (unpaired) electrons. The second-order valence-corrected chi connectivity index (χ2v) is 22.7. The van der Waals surface area contributed by atoms with Crippen LogP contribution in [0, 0.1) is 56.7 Å². The Morgan fingerprint density at radius 3 is 1.98 bits per heavy atom. The topological polar surface area (TPSA) is 278 Å². The van der Waals surface area contributed by atoms with Crippen molar-refractivity contribution in [2.45, 2.75) is 205 Å². The van der Waals surface area contributed by atoms with E-state index < -0.39 is 134 Å². The lowest BCUT2D eigenvalue weighted by Gasteiger charge is -2.73. The summed E-state index contributed by atoms with van der Waals surface area (Å²) in [4.78, 5) is 0. The average Bonchev–Trinajstić information content (AvgIpc) is 3.23. The minimum atomic E-state index is -1.81. The number of allylic oxidation sites excluding steroid dienone is 1. The zero-order valence-electron chi connectivity index (χ0n) is 38.7. The zero-order chi connectivity index (χ0) is 46.8. The number of hydrogen-bond acceptors (Lipinski definition) is 17. The van der Waals surface area contributed by atoms with E-state index in [4.69, 9.17) is 28.4 Å². The largest absolute Gasteiger partial charge is 0.396 e. The molecule has 3 aliphatic heterocycles. The van der Waals surface area contributed by atoms with Crippen LogP contribution in [0.1, 0.15) is 100 Å². The van der Waals surface area contributed by atoms with Crippen LogP contribution in [-0.4, -0.2) is 180 Å². The third-order valence-corrected chi connectivity index (χ3v) is 19.4. The summed E-state index contributed by atoms with van der Waals surface area (Å²) in [5.41, 5.74) is -1.16. The van der Waals surface area contributed by atoms with Crippen molar-refractivity contribution < 1.29 is 84.6 Å². The summed E-state index contributed by atoms with van der Waals surface area (Å²) in [5, 5.41) is 122. The van der Waals surface area contributed by atoms with E-state index in [1.54, 1.807) is 6.92 Å². The van der Waals surface area contributed by atoms with E-state index in [9.17, 15) is 56.2 Å². The fourth-order valence-corrected chi connectivity index (χ4v) is 15.2. The summed E-state index contributed by atoms with van der Waals surface area (Å²) < 4.78 is 36.6. The molecule has 0 aromatic rings. The molecule has 8 rings (SSSR count). The Hall–Kier alpha value is -0.940. The molecule has 8 aliphatic rings. The van der Waals surface area contributed by atoms with Gasteiger partial charge in [0.05, 0.1) is 44.2 Å².